The van der Waals surface area contributed by atoms with Gasteiger partial charge in [0.05, 0.1) is 12.5 Å². The number of carbonyl (C=O) groups is 1. The van der Waals surface area contributed by atoms with Gasteiger partial charge in [-0.15, -0.1) is 0 Å². The first-order valence-electron chi connectivity index (χ1n) is 5.39. The van der Waals surface area contributed by atoms with Crippen LogP contribution in [0.2, 0.25) is 0 Å². The van der Waals surface area contributed by atoms with E-state index in [0.717, 1.165) is 22.4 Å². The lowest BCUT2D eigenvalue weighted by atomic mass is 10.0. The van der Waals surface area contributed by atoms with E-state index < -0.39 is 5.97 Å². The van der Waals surface area contributed by atoms with Crippen molar-refractivity contribution in [1.82, 2.24) is 0 Å². The van der Waals surface area contributed by atoms with Crippen LogP contribution in [0.4, 0.5) is 0 Å². The largest absolute Gasteiger partial charge is 0.490 e. The lowest BCUT2D eigenvalue weighted by molar-refractivity contribution is -0.136. The summed E-state index contributed by atoms with van der Waals surface area (Å²) in [5, 5.41) is 8.89. The third kappa shape index (κ3) is 2.99. The molecule has 1 aromatic rings. The Morgan fingerprint density at radius 1 is 1.31 bits per heavy atom. The second kappa shape index (κ2) is 5.01. The molecule has 3 heteroatoms. The molecule has 3 nitrogen and oxygen atoms in total. The van der Waals surface area contributed by atoms with Crippen molar-refractivity contribution in [2.45, 2.75) is 40.2 Å². The van der Waals surface area contributed by atoms with E-state index in [2.05, 4.69) is 0 Å². The van der Waals surface area contributed by atoms with Crippen LogP contribution in [-0.2, 0) is 11.2 Å². The Bertz CT molecular complexity index is 394. The van der Waals surface area contributed by atoms with Gasteiger partial charge < -0.3 is 9.84 Å². The Labute approximate surface area is 96.1 Å². The van der Waals surface area contributed by atoms with Gasteiger partial charge in [-0.2, -0.15) is 0 Å². The van der Waals surface area contributed by atoms with Crippen LogP contribution in [0, 0.1) is 13.8 Å². The van der Waals surface area contributed by atoms with Crippen LogP contribution in [-0.4, -0.2) is 17.2 Å². The Hall–Kier alpha value is -1.51. The minimum Gasteiger partial charge on any atom is -0.490 e. The molecular weight excluding hydrogens is 204 g/mol. The maximum absolute atomic E-state index is 10.8. The van der Waals surface area contributed by atoms with E-state index in [4.69, 9.17) is 9.84 Å². The van der Waals surface area contributed by atoms with Gasteiger partial charge in [0.25, 0.3) is 0 Å². The number of hydrogen-bond acceptors (Lipinski definition) is 2. The molecule has 1 aromatic carbocycles. The minimum absolute atomic E-state index is 0.00949. The van der Waals surface area contributed by atoms with Crippen molar-refractivity contribution in [2.24, 2.45) is 0 Å². The number of aryl methyl sites for hydroxylation is 2. The highest BCUT2D eigenvalue weighted by Crippen LogP contribution is 2.28. The van der Waals surface area contributed by atoms with Crippen LogP contribution in [0.15, 0.2) is 12.1 Å². The van der Waals surface area contributed by atoms with E-state index in [9.17, 15) is 4.79 Å². The second-order valence-corrected chi connectivity index (χ2v) is 4.24. The van der Waals surface area contributed by atoms with Gasteiger partial charge >= 0.3 is 5.97 Å². The summed E-state index contributed by atoms with van der Waals surface area (Å²) in [7, 11) is 0. The first-order valence-corrected chi connectivity index (χ1v) is 5.39. The molecule has 0 unspecified atom stereocenters. The zero-order valence-electron chi connectivity index (χ0n) is 10.2. The molecule has 0 aliphatic rings. The highest BCUT2D eigenvalue weighted by atomic mass is 16.5. The van der Waals surface area contributed by atoms with Crippen molar-refractivity contribution in [3.8, 4) is 5.75 Å². The molecule has 0 saturated heterocycles. The molecule has 0 aliphatic heterocycles. The van der Waals surface area contributed by atoms with Crippen LogP contribution >= 0.6 is 0 Å². The SMILES string of the molecule is Cc1ccc(C)c(OC(C)C)c1CC(=O)O. The lowest BCUT2D eigenvalue weighted by Crippen LogP contribution is -2.12. The number of rotatable bonds is 4. The smallest absolute Gasteiger partial charge is 0.307 e. The summed E-state index contributed by atoms with van der Waals surface area (Å²) in [6.07, 6.45) is 0.0586. The van der Waals surface area contributed by atoms with Crippen LogP contribution in [0.3, 0.4) is 0 Å². The monoisotopic (exact) mass is 222 g/mol. The highest BCUT2D eigenvalue weighted by molar-refractivity contribution is 5.72. The van der Waals surface area contributed by atoms with Crippen molar-refractivity contribution in [3.05, 3.63) is 28.8 Å². The standard InChI is InChI=1S/C13H18O3/c1-8(2)16-13-10(4)6-5-9(3)11(13)7-12(14)15/h5-6,8H,7H2,1-4H3,(H,14,15). The molecule has 0 amide bonds. The Balaban J connectivity index is 3.19. The van der Waals surface area contributed by atoms with Crippen molar-refractivity contribution >= 4 is 5.97 Å². The number of ether oxygens (including phenoxy) is 1. The summed E-state index contributed by atoms with van der Waals surface area (Å²) in [5.74, 6) is -0.111. The van der Waals surface area contributed by atoms with Gasteiger partial charge in [0.15, 0.2) is 0 Å². The van der Waals surface area contributed by atoms with Gasteiger partial charge in [0.1, 0.15) is 5.75 Å². The number of benzene rings is 1. The molecule has 0 atom stereocenters. The number of carboxylic acids is 1. The fraction of sp³-hybridized carbons (Fsp3) is 0.462. The first-order chi connectivity index (χ1) is 7.41. The molecule has 1 N–H and O–H groups in total. The van der Waals surface area contributed by atoms with Gasteiger partial charge in [0, 0.05) is 5.56 Å². The van der Waals surface area contributed by atoms with E-state index >= 15 is 0 Å². The van der Waals surface area contributed by atoms with Crippen LogP contribution < -0.4 is 4.74 Å². The summed E-state index contributed by atoms with van der Waals surface area (Å²) < 4.78 is 5.69. The predicted molar refractivity (Wildman–Crippen MR) is 63.0 cm³/mol. The number of hydrogen-bond donors (Lipinski definition) is 1. The highest BCUT2D eigenvalue weighted by Gasteiger charge is 2.14. The fourth-order valence-electron chi connectivity index (χ4n) is 1.61. The van der Waals surface area contributed by atoms with Crippen molar-refractivity contribution in [1.29, 1.82) is 0 Å². The Morgan fingerprint density at radius 3 is 2.38 bits per heavy atom. The van der Waals surface area contributed by atoms with E-state index in [1.807, 2.05) is 39.8 Å². The molecule has 0 bridgehead atoms. The zero-order chi connectivity index (χ0) is 12.3. The van der Waals surface area contributed by atoms with Gasteiger partial charge in [-0.05, 0) is 38.8 Å². The van der Waals surface area contributed by atoms with Gasteiger partial charge in [-0.1, -0.05) is 12.1 Å². The molecule has 88 valence electrons. The molecule has 0 saturated carbocycles. The zero-order valence-corrected chi connectivity index (χ0v) is 10.2. The third-order valence-electron chi connectivity index (χ3n) is 2.37. The number of aliphatic carboxylic acids is 1. The molecule has 0 radical (unpaired) electrons. The third-order valence-corrected chi connectivity index (χ3v) is 2.37. The van der Waals surface area contributed by atoms with Crippen molar-refractivity contribution in [2.75, 3.05) is 0 Å². The lowest BCUT2D eigenvalue weighted by Gasteiger charge is -2.17. The summed E-state index contributed by atoms with van der Waals surface area (Å²) in [6.45, 7) is 7.71. The summed E-state index contributed by atoms with van der Waals surface area (Å²) >= 11 is 0. The molecular formula is C13H18O3. The Morgan fingerprint density at radius 2 is 1.88 bits per heavy atom. The normalized spacial score (nSPS) is 10.6. The Kier molecular flexibility index (Phi) is 3.93. The van der Waals surface area contributed by atoms with Crippen LogP contribution in [0.25, 0.3) is 0 Å². The van der Waals surface area contributed by atoms with E-state index in [1.165, 1.54) is 0 Å². The molecule has 0 aromatic heterocycles. The van der Waals surface area contributed by atoms with Gasteiger partial charge in [-0.3, -0.25) is 4.79 Å². The average molecular weight is 222 g/mol. The van der Waals surface area contributed by atoms with E-state index in [1.54, 1.807) is 0 Å². The van der Waals surface area contributed by atoms with E-state index in [0.29, 0.717) is 0 Å². The van der Waals surface area contributed by atoms with Crippen LogP contribution in [0.1, 0.15) is 30.5 Å². The summed E-state index contributed by atoms with van der Waals surface area (Å²) in [5.41, 5.74) is 2.72. The summed E-state index contributed by atoms with van der Waals surface area (Å²) in [6, 6.07) is 3.89. The first kappa shape index (κ1) is 12.6. The molecule has 0 aliphatic carbocycles. The molecule has 16 heavy (non-hydrogen) atoms. The van der Waals surface area contributed by atoms with E-state index in [-0.39, 0.29) is 12.5 Å². The molecule has 0 fully saturated rings. The second-order valence-electron chi connectivity index (χ2n) is 4.24. The average Bonchev–Trinajstić information content (AvgIpc) is 2.16. The number of carboxylic acid groups (broad SMARTS) is 1. The molecule has 0 spiro atoms. The fourth-order valence-corrected chi connectivity index (χ4v) is 1.61. The molecule has 0 heterocycles. The quantitative estimate of drug-likeness (QED) is 0.852. The van der Waals surface area contributed by atoms with Gasteiger partial charge in [-0.25, -0.2) is 0 Å². The maximum Gasteiger partial charge on any atom is 0.307 e. The molecule has 1 rings (SSSR count). The maximum atomic E-state index is 10.8. The van der Waals surface area contributed by atoms with Crippen LogP contribution in [0.5, 0.6) is 5.75 Å². The van der Waals surface area contributed by atoms with Gasteiger partial charge in [0.2, 0.25) is 0 Å². The predicted octanol–water partition coefficient (Wildman–Crippen LogP) is 2.72. The summed E-state index contributed by atoms with van der Waals surface area (Å²) in [4.78, 5) is 10.8. The topological polar surface area (TPSA) is 46.5 Å². The van der Waals surface area contributed by atoms with Crippen molar-refractivity contribution < 1.29 is 14.6 Å². The minimum atomic E-state index is -0.831. The van der Waals surface area contributed by atoms with Crippen molar-refractivity contribution in [3.63, 3.8) is 0 Å².